The minimum absolute atomic E-state index is 0.00549. The maximum Gasteiger partial charge on any atom is 0.334 e. The molecule has 8 unspecified atom stereocenters. The number of epoxide rings is 1. The number of fused-ring (bicyclic) bond motifs is 5. The van der Waals surface area contributed by atoms with Gasteiger partial charge in [0.2, 0.25) is 0 Å². The van der Waals surface area contributed by atoms with Crippen molar-refractivity contribution in [1.82, 2.24) is 0 Å². The van der Waals surface area contributed by atoms with Crippen LogP contribution >= 0.6 is 0 Å². The summed E-state index contributed by atoms with van der Waals surface area (Å²) < 4.78 is 17.0. The topological polar surface area (TPSA) is 85.4 Å². The second kappa shape index (κ2) is 4.36. The second-order valence-corrected chi connectivity index (χ2v) is 7.80. The third-order valence-electron chi connectivity index (χ3n) is 6.45. The number of carbonyl (C=O) groups excluding carboxylic acids is 2. The molecular weight excluding hydrogens is 300 g/mol. The van der Waals surface area contributed by atoms with Gasteiger partial charge in [-0.05, 0) is 13.3 Å². The molecule has 1 N–H and O–H groups in total. The Bertz CT molecular complexity index is 614. The monoisotopic (exact) mass is 322 g/mol. The van der Waals surface area contributed by atoms with Gasteiger partial charge in [-0.1, -0.05) is 13.5 Å². The van der Waals surface area contributed by atoms with Gasteiger partial charge in [0, 0.05) is 30.3 Å². The Kier molecular flexibility index (Phi) is 2.87. The first-order valence-corrected chi connectivity index (χ1v) is 8.11. The summed E-state index contributed by atoms with van der Waals surface area (Å²) in [4.78, 5) is 23.6. The molecule has 2 saturated heterocycles. The van der Waals surface area contributed by atoms with Crippen LogP contribution in [0.5, 0.6) is 0 Å². The van der Waals surface area contributed by atoms with E-state index < -0.39 is 41.3 Å². The van der Waals surface area contributed by atoms with Crippen molar-refractivity contribution in [2.75, 3.05) is 0 Å². The molecule has 4 fully saturated rings. The molecule has 2 saturated carbocycles. The summed E-state index contributed by atoms with van der Waals surface area (Å²) in [6.45, 7) is 9.20. The molecule has 0 amide bonds. The first kappa shape index (κ1) is 15.1. The van der Waals surface area contributed by atoms with Crippen molar-refractivity contribution in [2.45, 2.75) is 63.6 Å². The molecular formula is C17H22O6. The van der Waals surface area contributed by atoms with Crippen LogP contribution in [-0.4, -0.2) is 47.1 Å². The van der Waals surface area contributed by atoms with Crippen LogP contribution in [0.1, 0.15) is 33.6 Å². The van der Waals surface area contributed by atoms with Crippen LogP contribution in [0.4, 0.5) is 0 Å². The van der Waals surface area contributed by atoms with Crippen molar-refractivity contribution < 1.29 is 28.9 Å². The Morgan fingerprint density at radius 3 is 2.78 bits per heavy atom. The molecule has 23 heavy (non-hydrogen) atoms. The molecule has 4 rings (SSSR count). The summed E-state index contributed by atoms with van der Waals surface area (Å²) in [6.07, 6.45) is -0.535. The smallest absolute Gasteiger partial charge is 0.334 e. The van der Waals surface area contributed by atoms with E-state index in [9.17, 15) is 14.7 Å². The van der Waals surface area contributed by atoms with Gasteiger partial charge in [-0.15, -0.1) is 0 Å². The fourth-order valence-electron chi connectivity index (χ4n) is 5.33. The average molecular weight is 322 g/mol. The Labute approximate surface area is 134 Å². The average Bonchev–Trinajstić information content (AvgIpc) is 2.98. The summed E-state index contributed by atoms with van der Waals surface area (Å²) in [6, 6.07) is 0. The van der Waals surface area contributed by atoms with Crippen LogP contribution in [0.25, 0.3) is 0 Å². The summed E-state index contributed by atoms with van der Waals surface area (Å²) in [5, 5.41) is 10.7. The number of ether oxygens (including phenoxy) is 3. The van der Waals surface area contributed by atoms with Gasteiger partial charge < -0.3 is 19.3 Å². The van der Waals surface area contributed by atoms with Crippen LogP contribution in [0.15, 0.2) is 12.2 Å². The quantitative estimate of drug-likeness (QED) is 0.440. The van der Waals surface area contributed by atoms with E-state index in [1.807, 2.05) is 13.8 Å². The lowest BCUT2D eigenvalue weighted by atomic mass is 9.51. The zero-order chi connectivity index (χ0) is 16.7. The standard InChI is InChI=1S/C17H22O6/c1-7-12-9(21-8(2)18)6-16(3)10(19)5-11-17(4,23-11)14(16)13(12)22-15(7)20/h9-14,19H,1,5-6H2,2-4H3. The van der Waals surface area contributed by atoms with Gasteiger partial charge in [0.05, 0.1) is 23.7 Å². The molecule has 0 spiro atoms. The lowest BCUT2D eigenvalue weighted by Crippen LogP contribution is -2.62. The van der Waals surface area contributed by atoms with E-state index in [1.165, 1.54) is 6.92 Å². The molecule has 6 nitrogen and oxygen atoms in total. The number of esters is 2. The fourth-order valence-corrected chi connectivity index (χ4v) is 5.33. The molecule has 0 radical (unpaired) electrons. The first-order chi connectivity index (χ1) is 10.7. The Hall–Kier alpha value is -1.40. The summed E-state index contributed by atoms with van der Waals surface area (Å²) in [5.74, 6) is -1.34. The Morgan fingerprint density at radius 2 is 2.13 bits per heavy atom. The van der Waals surface area contributed by atoms with Crippen LogP contribution in [0, 0.1) is 17.3 Å². The molecule has 8 atom stereocenters. The van der Waals surface area contributed by atoms with Gasteiger partial charge in [0.1, 0.15) is 12.2 Å². The minimum Gasteiger partial charge on any atom is -0.462 e. The zero-order valence-electron chi connectivity index (χ0n) is 13.6. The van der Waals surface area contributed by atoms with Crippen molar-refractivity contribution in [2.24, 2.45) is 17.3 Å². The fraction of sp³-hybridized carbons (Fsp3) is 0.765. The third-order valence-corrected chi connectivity index (χ3v) is 6.45. The maximum absolute atomic E-state index is 12.1. The van der Waals surface area contributed by atoms with E-state index >= 15 is 0 Å². The van der Waals surface area contributed by atoms with Gasteiger partial charge in [0.15, 0.2) is 0 Å². The van der Waals surface area contributed by atoms with Gasteiger partial charge in [0.25, 0.3) is 0 Å². The van der Waals surface area contributed by atoms with E-state index in [2.05, 4.69) is 6.58 Å². The highest BCUT2D eigenvalue weighted by Gasteiger charge is 2.75. The SMILES string of the molecule is C=C1C(=O)OC2C1C(OC(C)=O)CC1(C)C(O)CC3OC3(C)C21. The van der Waals surface area contributed by atoms with E-state index in [-0.39, 0.29) is 17.9 Å². The van der Waals surface area contributed by atoms with Crippen LogP contribution in [-0.2, 0) is 23.8 Å². The van der Waals surface area contributed by atoms with E-state index in [0.717, 1.165) is 0 Å². The van der Waals surface area contributed by atoms with E-state index in [0.29, 0.717) is 18.4 Å². The number of hydrogen-bond donors (Lipinski definition) is 1. The molecule has 2 aliphatic heterocycles. The number of hydrogen-bond acceptors (Lipinski definition) is 6. The number of aliphatic hydroxyl groups excluding tert-OH is 1. The predicted octanol–water partition coefficient (Wildman–Crippen LogP) is 0.964. The third kappa shape index (κ3) is 1.82. The largest absolute Gasteiger partial charge is 0.462 e. The molecule has 0 aromatic rings. The summed E-state index contributed by atoms with van der Waals surface area (Å²) in [7, 11) is 0. The Morgan fingerprint density at radius 1 is 1.43 bits per heavy atom. The molecule has 4 aliphatic rings. The minimum atomic E-state index is -0.584. The zero-order valence-corrected chi connectivity index (χ0v) is 13.6. The van der Waals surface area contributed by atoms with Crippen molar-refractivity contribution in [3.63, 3.8) is 0 Å². The highest BCUT2D eigenvalue weighted by atomic mass is 16.6. The molecule has 2 aliphatic carbocycles. The van der Waals surface area contributed by atoms with E-state index in [4.69, 9.17) is 14.2 Å². The normalized spacial score (nSPS) is 53.7. The Balaban J connectivity index is 1.78. The summed E-state index contributed by atoms with van der Waals surface area (Å²) in [5.41, 5.74) is -0.583. The lowest BCUT2D eigenvalue weighted by Gasteiger charge is -2.54. The van der Waals surface area contributed by atoms with Crippen LogP contribution in [0.2, 0.25) is 0 Å². The molecule has 0 bridgehead atoms. The van der Waals surface area contributed by atoms with Gasteiger partial charge in [-0.25, -0.2) is 4.79 Å². The molecule has 6 heteroatoms. The molecule has 0 aromatic heterocycles. The number of rotatable bonds is 1. The summed E-state index contributed by atoms with van der Waals surface area (Å²) >= 11 is 0. The number of carbonyl (C=O) groups is 2. The van der Waals surface area contributed by atoms with Gasteiger partial charge in [-0.3, -0.25) is 4.79 Å². The molecule has 0 aromatic carbocycles. The predicted molar refractivity (Wildman–Crippen MR) is 78.2 cm³/mol. The highest BCUT2D eigenvalue weighted by Crippen LogP contribution is 2.65. The van der Waals surface area contributed by atoms with Gasteiger partial charge in [-0.2, -0.15) is 0 Å². The van der Waals surface area contributed by atoms with Gasteiger partial charge >= 0.3 is 11.9 Å². The molecule has 126 valence electrons. The molecule has 2 heterocycles. The van der Waals surface area contributed by atoms with Crippen LogP contribution < -0.4 is 0 Å². The second-order valence-electron chi connectivity index (χ2n) is 7.80. The first-order valence-electron chi connectivity index (χ1n) is 8.11. The van der Waals surface area contributed by atoms with Crippen molar-refractivity contribution >= 4 is 11.9 Å². The lowest BCUT2D eigenvalue weighted by molar-refractivity contribution is -0.189. The number of aliphatic hydroxyl groups is 1. The van der Waals surface area contributed by atoms with Crippen molar-refractivity contribution in [3.8, 4) is 0 Å². The maximum atomic E-state index is 12.1. The van der Waals surface area contributed by atoms with Crippen molar-refractivity contribution in [3.05, 3.63) is 12.2 Å². The highest BCUT2D eigenvalue weighted by molar-refractivity contribution is 5.91. The van der Waals surface area contributed by atoms with E-state index in [1.54, 1.807) is 0 Å². The van der Waals surface area contributed by atoms with Crippen LogP contribution in [0.3, 0.4) is 0 Å². The van der Waals surface area contributed by atoms with Crippen molar-refractivity contribution in [1.29, 1.82) is 0 Å².